The maximum atomic E-state index is 10.7. The second-order valence-electron chi connectivity index (χ2n) is 3.34. The molecule has 8 heteroatoms. The number of aromatic nitrogens is 5. The quantitative estimate of drug-likeness (QED) is 0.609. The summed E-state index contributed by atoms with van der Waals surface area (Å²) < 4.78 is 0. The van der Waals surface area contributed by atoms with Crippen LogP contribution in [0.5, 0.6) is 0 Å². The number of aryl methyl sites for hydroxylation is 1. The van der Waals surface area contributed by atoms with Gasteiger partial charge in [-0.1, -0.05) is 11.6 Å². The van der Waals surface area contributed by atoms with Crippen molar-refractivity contribution < 1.29 is 0 Å². The second-order valence-corrected chi connectivity index (χ2v) is 3.72. The molecule has 2 aromatic heterocycles. The molecule has 0 bridgehead atoms. The molecule has 0 radical (unpaired) electrons. The average molecular weight is 243 g/mol. The first-order valence-electron chi connectivity index (χ1n) is 4.70. The molecule has 0 aliphatic rings. The van der Waals surface area contributed by atoms with Crippen LogP contribution in [0.1, 0.15) is 17.2 Å². The standard InChI is InChI=1S/C8H11ClN6O/c1-4-7(9)5(13-12-4)2-10-3-6-11-8(16)15-14-6/h10H,2-3H2,1H3,(H,12,13)(H2,11,14,15,16). The zero-order chi connectivity index (χ0) is 11.5. The molecule has 4 N–H and O–H groups in total. The molecule has 0 aliphatic heterocycles. The maximum absolute atomic E-state index is 10.7. The van der Waals surface area contributed by atoms with Crippen molar-refractivity contribution in [2.24, 2.45) is 0 Å². The normalized spacial score (nSPS) is 10.9. The summed E-state index contributed by atoms with van der Waals surface area (Å²) in [5, 5.41) is 16.6. The highest BCUT2D eigenvalue weighted by Gasteiger charge is 2.07. The molecule has 86 valence electrons. The first-order chi connectivity index (χ1) is 7.66. The van der Waals surface area contributed by atoms with Gasteiger partial charge in [0.05, 0.1) is 23.0 Å². The molecule has 7 nitrogen and oxygen atoms in total. The Bertz CT molecular complexity index is 527. The summed E-state index contributed by atoms with van der Waals surface area (Å²) in [6.45, 7) is 2.81. The highest BCUT2D eigenvalue weighted by molar-refractivity contribution is 6.31. The van der Waals surface area contributed by atoms with Crippen LogP contribution in [0.4, 0.5) is 0 Å². The number of H-pyrrole nitrogens is 3. The fourth-order valence-corrected chi connectivity index (χ4v) is 1.42. The third-order valence-electron chi connectivity index (χ3n) is 2.08. The average Bonchev–Trinajstić information content (AvgIpc) is 2.79. The summed E-state index contributed by atoms with van der Waals surface area (Å²) in [5.41, 5.74) is 1.27. The maximum Gasteiger partial charge on any atom is 0.340 e. The van der Waals surface area contributed by atoms with Crippen molar-refractivity contribution >= 4 is 11.6 Å². The number of rotatable bonds is 4. The van der Waals surface area contributed by atoms with Crippen molar-refractivity contribution in [3.8, 4) is 0 Å². The Kier molecular flexibility index (Phi) is 3.07. The van der Waals surface area contributed by atoms with Crippen LogP contribution in [0.25, 0.3) is 0 Å². The summed E-state index contributed by atoms with van der Waals surface area (Å²) in [5.74, 6) is 0.549. The van der Waals surface area contributed by atoms with Gasteiger partial charge in [-0.15, -0.1) is 0 Å². The number of hydrogen-bond donors (Lipinski definition) is 4. The van der Waals surface area contributed by atoms with E-state index in [4.69, 9.17) is 11.6 Å². The van der Waals surface area contributed by atoms with Gasteiger partial charge in [0.2, 0.25) is 0 Å². The summed E-state index contributed by atoms with van der Waals surface area (Å²) >= 11 is 5.98. The van der Waals surface area contributed by atoms with Gasteiger partial charge < -0.3 is 5.32 Å². The molecular formula is C8H11ClN6O. The van der Waals surface area contributed by atoms with Gasteiger partial charge in [0, 0.05) is 6.54 Å². The largest absolute Gasteiger partial charge is 0.340 e. The van der Waals surface area contributed by atoms with Gasteiger partial charge in [-0.3, -0.25) is 10.1 Å². The molecule has 16 heavy (non-hydrogen) atoms. The van der Waals surface area contributed by atoms with Crippen LogP contribution in [0, 0.1) is 6.92 Å². The Morgan fingerprint density at radius 2 is 2.12 bits per heavy atom. The van der Waals surface area contributed by atoms with Crippen molar-refractivity contribution in [3.63, 3.8) is 0 Å². The van der Waals surface area contributed by atoms with Gasteiger partial charge in [-0.2, -0.15) is 10.2 Å². The minimum absolute atomic E-state index is 0.314. The van der Waals surface area contributed by atoms with Gasteiger partial charge in [-0.05, 0) is 6.92 Å². The summed E-state index contributed by atoms with van der Waals surface area (Å²) in [4.78, 5) is 13.3. The molecule has 2 aromatic rings. The fourth-order valence-electron chi connectivity index (χ4n) is 1.27. The minimum Gasteiger partial charge on any atom is -0.304 e. The monoisotopic (exact) mass is 242 g/mol. The van der Waals surface area contributed by atoms with Gasteiger partial charge >= 0.3 is 5.69 Å². The lowest BCUT2D eigenvalue weighted by Gasteiger charge is -1.99. The van der Waals surface area contributed by atoms with Crippen LogP contribution in [-0.2, 0) is 13.1 Å². The van der Waals surface area contributed by atoms with Crippen molar-refractivity contribution in [1.29, 1.82) is 0 Å². The number of nitrogens with zero attached hydrogens (tertiary/aromatic N) is 2. The van der Waals surface area contributed by atoms with Crippen molar-refractivity contribution in [2.75, 3.05) is 0 Å². The molecular weight excluding hydrogens is 232 g/mol. The molecule has 2 rings (SSSR count). The van der Waals surface area contributed by atoms with Gasteiger partial charge in [-0.25, -0.2) is 9.89 Å². The highest BCUT2D eigenvalue weighted by Crippen LogP contribution is 2.16. The molecule has 0 amide bonds. The van der Waals surface area contributed by atoms with Crippen molar-refractivity contribution in [3.05, 3.63) is 32.7 Å². The smallest absolute Gasteiger partial charge is 0.304 e. The second kappa shape index (κ2) is 4.50. The SMILES string of the molecule is Cc1[nH]nc(CNCc2n[nH]c(=O)[nH]2)c1Cl. The first-order valence-corrected chi connectivity index (χ1v) is 5.08. The van der Waals surface area contributed by atoms with E-state index >= 15 is 0 Å². The van der Waals surface area contributed by atoms with Crippen molar-refractivity contribution in [1.82, 2.24) is 30.7 Å². The molecule has 0 saturated heterocycles. The van der Waals surface area contributed by atoms with E-state index < -0.39 is 0 Å². The predicted octanol–water partition coefficient (Wildman–Crippen LogP) is 0.0727. The van der Waals surface area contributed by atoms with Gasteiger partial charge in [0.15, 0.2) is 0 Å². The van der Waals surface area contributed by atoms with E-state index in [2.05, 4.69) is 30.7 Å². The Morgan fingerprint density at radius 1 is 1.31 bits per heavy atom. The third kappa shape index (κ3) is 2.31. The van der Waals surface area contributed by atoms with E-state index in [9.17, 15) is 4.79 Å². The van der Waals surface area contributed by atoms with E-state index in [1.54, 1.807) is 0 Å². The minimum atomic E-state index is -0.314. The molecule has 0 fully saturated rings. The van der Waals surface area contributed by atoms with E-state index in [0.29, 0.717) is 23.9 Å². The van der Waals surface area contributed by atoms with Crippen LogP contribution in [0.15, 0.2) is 4.79 Å². The Morgan fingerprint density at radius 3 is 2.69 bits per heavy atom. The predicted molar refractivity (Wildman–Crippen MR) is 58.1 cm³/mol. The van der Waals surface area contributed by atoms with E-state index in [-0.39, 0.29) is 5.69 Å². The first kappa shape index (κ1) is 10.9. The number of nitrogens with one attached hydrogen (secondary N) is 4. The molecule has 0 aliphatic carbocycles. The van der Waals surface area contributed by atoms with Gasteiger partial charge in [0.1, 0.15) is 5.82 Å². The zero-order valence-corrected chi connectivity index (χ0v) is 9.35. The Balaban J connectivity index is 1.89. The van der Waals surface area contributed by atoms with Crippen LogP contribution >= 0.6 is 11.6 Å². The highest BCUT2D eigenvalue weighted by atomic mass is 35.5. The number of halogens is 1. The Hall–Kier alpha value is -1.60. The van der Waals surface area contributed by atoms with E-state index in [1.807, 2.05) is 6.92 Å². The lowest BCUT2D eigenvalue weighted by molar-refractivity contribution is 0.652. The van der Waals surface area contributed by atoms with Gasteiger partial charge in [0.25, 0.3) is 0 Å². The third-order valence-corrected chi connectivity index (χ3v) is 2.58. The number of hydrogen-bond acceptors (Lipinski definition) is 4. The van der Waals surface area contributed by atoms with Crippen LogP contribution in [0.2, 0.25) is 5.02 Å². The lowest BCUT2D eigenvalue weighted by Crippen LogP contribution is -2.15. The topological polar surface area (TPSA) is 102 Å². The summed E-state index contributed by atoms with van der Waals surface area (Å²) in [6, 6.07) is 0. The van der Waals surface area contributed by atoms with Crippen LogP contribution in [-0.4, -0.2) is 25.4 Å². The summed E-state index contributed by atoms with van der Waals surface area (Å²) in [7, 11) is 0. The zero-order valence-electron chi connectivity index (χ0n) is 8.59. The molecule has 0 unspecified atom stereocenters. The molecule has 0 spiro atoms. The van der Waals surface area contributed by atoms with E-state index in [0.717, 1.165) is 11.4 Å². The van der Waals surface area contributed by atoms with Crippen LogP contribution < -0.4 is 11.0 Å². The fraction of sp³-hybridized carbons (Fsp3) is 0.375. The molecule has 0 atom stereocenters. The number of aromatic amines is 3. The lowest BCUT2D eigenvalue weighted by atomic mass is 10.3. The van der Waals surface area contributed by atoms with Crippen molar-refractivity contribution in [2.45, 2.75) is 20.0 Å². The molecule has 2 heterocycles. The Labute approximate surface area is 95.6 Å². The van der Waals surface area contributed by atoms with Crippen LogP contribution in [0.3, 0.4) is 0 Å². The molecule has 0 saturated carbocycles. The van der Waals surface area contributed by atoms with E-state index in [1.165, 1.54) is 0 Å². The molecule has 0 aromatic carbocycles. The summed E-state index contributed by atoms with van der Waals surface area (Å²) in [6.07, 6.45) is 0.